The second-order valence-electron chi connectivity index (χ2n) is 2.58. The summed E-state index contributed by atoms with van der Waals surface area (Å²) in [7, 11) is 5.57. The van der Waals surface area contributed by atoms with Crippen LogP contribution in [0.15, 0.2) is 0 Å². The van der Waals surface area contributed by atoms with Gasteiger partial charge in [0, 0.05) is 13.0 Å². The van der Waals surface area contributed by atoms with Crippen LogP contribution in [0.1, 0.15) is 6.42 Å². The Balaban J connectivity index is 3.44. The van der Waals surface area contributed by atoms with Crippen molar-refractivity contribution in [3.63, 3.8) is 0 Å². The van der Waals surface area contributed by atoms with Gasteiger partial charge in [0.1, 0.15) is 0 Å². The molecule has 0 aliphatic rings. The molecule has 68 valence electrons. The summed E-state index contributed by atoms with van der Waals surface area (Å²) in [5.41, 5.74) is 0. The summed E-state index contributed by atoms with van der Waals surface area (Å²) < 4.78 is 0. The first-order chi connectivity index (χ1) is 5.24. The molecule has 0 saturated carbocycles. The molecule has 0 spiro atoms. The van der Waals surface area contributed by atoms with Crippen LogP contribution in [0.5, 0.6) is 0 Å². The van der Waals surface area contributed by atoms with Crippen LogP contribution in [-0.2, 0) is 0 Å². The van der Waals surface area contributed by atoms with E-state index in [2.05, 4.69) is 16.0 Å². The molecule has 11 heavy (non-hydrogen) atoms. The van der Waals surface area contributed by atoms with E-state index in [0.717, 1.165) is 0 Å². The van der Waals surface area contributed by atoms with Gasteiger partial charge < -0.3 is 21.1 Å². The number of hydrogen-bond donors (Lipinski definition) is 4. The molecule has 4 nitrogen and oxygen atoms in total. The minimum atomic E-state index is -0.287. The van der Waals surface area contributed by atoms with E-state index in [0.29, 0.717) is 13.0 Å². The van der Waals surface area contributed by atoms with Gasteiger partial charge in [0.25, 0.3) is 0 Å². The molecular formula is C7H19N3O. The topological polar surface area (TPSA) is 56.3 Å². The van der Waals surface area contributed by atoms with Crippen molar-refractivity contribution in [2.24, 2.45) is 0 Å². The molecular weight excluding hydrogens is 142 g/mol. The fraction of sp³-hybridized carbons (Fsp3) is 1.00. The lowest BCUT2D eigenvalue weighted by atomic mass is 10.2. The lowest BCUT2D eigenvalue weighted by Gasteiger charge is -2.18. The van der Waals surface area contributed by atoms with Crippen LogP contribution in [0.4, 0.5) is 0 Å². The quantitative estimate of drug-likeness (QED) is 0.367. The van der Waals surface area contributed by atoms with Crippen LogP contribution >= 0.6 is 0 Å². The molecule has 0 rings (SSSR count). The summed E-state index contributed by atoms with van der Waals surface area (Å²) in [5, 5.41) is 18.3. The Morgan fingerprint density at radius 3 is 2.09 bits per heavy atom. The highest BCUT2D eigenvalue weighted by molar-refractivity contribution is 4.66. The highest BCUT2D eigenvalue weighted by atomic mass is 16.3. The van der Waals surface area contributed by atoms with Crippen LogP contribution in [0.2, 0.25) is 0 Å². The molecule has 1 unspecified atom stereocenters. The molecule has 0 amide bonds. The van der Waals surface area contributed by atoms with Gasteiger partial charge in [0.15, 0.2) is 0 Å². The van der Waals surface area contributed by atoms with Crippen molar-refractivity contribution in [1.29, 1.82) is 0 Å². The predicted molar refractivity (Wildman–Crippen MR) is 46.5 cm³/mol. The molecule has 4 heteroatoms. The average molecular weight is 161 g/mol. The Hall–Kier alpha value is -0.160. The molecule has 4 N–H and O–H groups in total. The molecule has 0 bridgehead atoms. The Morgan fingerprint density at radius 1 is 1.18 bits per heavy atom. The summed E-state index contributed by atoms with van der Waals surface area (Å²) in [5.74, 6) is 0. The fourth-order valence-corrected chi connectivity index (χ4v) is 0.971. The molecule has 0 saturated heterocycles. The lowest BCUT2D eigenvalue weighted by molar-refractivity contribution is 0.146. The van der Waals surface area contributed by atoms with Crippen LogP contribution in [-0.4, -0.2) is 45.1 Å². The molecule has 1 atom stereocenters. The maximum atomic E-state index is 9.34. The predicted octanol–water partition coefficient (Wildman–Crippen LogP) is -1.28. The second-order valence-corrected chi connectivity index (χ2v) is 2.58. The van der Waals surface area contributed by atoms with Gasteiger partial charge in [-0.2, -0.15) is 0 Å². The Kier molecular flexibility index (Phi) is 6.45. The number of aliphatic hydroxyl groups excluding tert-OH is 1. The zero-order valence-electron chi connectivity index (χ0n) is 7.52. The minimum Gasteiger partial charge on any atom is -0.392 e. The standard InChI is InChI=1S/C7H19N3O/c1-8-5-6(11)4-7(9-2)10-3/h6-11H,4-5H2,1-3H3. The summed E-state index contributed by atoms with van der Waals surface area (Å²) in [4.78, 5) is 0. The molecule has 0 aromatic rings. The van der Waals surface area contributed by atoms with Crippen molar-refractivity contribution in [2.75, 3.05) is 27.7 Å². The van der Waals surface area contributed by atoms with Gasteiger partial charge in [-0.25, -0.2) is 0 Å². The first kappa shape index (κ1) is 10.8. The van der Waals surface area contributed by atoms with E-state index >= 15 is 0 Å². The lowest BCUT2D eigenvalue weighted by Crippen LogP contribution is -2.42. The molecule has 0 fully saturated rings. The van der Waals surface area contributed by atoms with E-state index in [9.17, 15) is 5.11 Å². The van der Waals surface area contributed by atoms with Gasteiger partial charge in [0.2, 0.25) is 0 Å². The monoisotopic (exact) mass is 161 g/mol. The van der Waals surface area contributed by atoms with E-state index in [1.165, 1.54) is 0 Å². The minimum absolute atomic E-state index is 0.193. The summed E-state index contributed by atoms with van der Waals surface area (Å²) in [6, 6.07) is 0. The maximum absolute atomic E-state index is 9.34. The first-order valence-corrected chi connectivity index (χ1v) is 3.91. The Morgan fingerprint density at radius 2 is 1.73 bits per heavy atom. The molecule has 0 aliphatic heterocycles. The zero-order chi connectivity index (χ0) is 8.69. The third-order valence-corrected chi connectivity index (χ3v) is 1.64. The van der Waals surface area contributed by atoms with Crippen molar-refractivity contribution in [1.82, 2.24) is 16.0 Å². The molecule has 0 heterocycles. The average Bonchev–Trinajstić information content (AvgIpc) is 2.01. The third-order valence-electron chi connectivity index (χ3n) is 1.64. The van der Waals surface area contributed by atoms with E-state index in [4.69, 9.17) is 0 Å². The summed E-state index contributed by atoms with van der Waals surface area (Å²) in [6.45, 7) is 0.639. The largest absolute Gasteiger partial charge is 0.392 e. The van der Waals surface area contributed by atoms with Gasteiger partial charge in [-0.05, 0) is 21.1 Å². The number of nitrogens with one attached hydrogen (secondary N) is 3. The smallest absolute Gasteiger partial charge is 0.0692 e. The van der Waals surface area contributed by atoms with Gasteiger partial charge in [0.05, 0.1) is 12.3 Å². The van der Waals surface area contributed by atoms with E-state index in [1.54, 1.807) is 0 Å². The van der Waals surface area contributed by atoms with E-state index < -0.39 is 0 Å². The Labute approximate surface area is 68.4 Å². The second kappa shape index (κ2) is 6.54. The molecule has 0 radical (unpaired) electrons. The van der Waals surface area contributed by atoms with E-state index in [-0.39, 0.29) is 12.3 Å². The van der Waals surface area contributed by atoms with Crippen molar-refractivity contribution in [3.8, 4) is 0 Å². The van der Waals surface area contributed by atoms with Crippen molar-refractivity contribution in [2.45, 2.75) is 18.7 Å². The van der Waals surface area contributed by atoms with Gasteiger partial charge in [-0.1, -0.05) is 0 Å². The van der Waals surface area contributed by atoms with Crippen LogP contribution in [0.3, 0.4) is 0 Å². The van der Waals surface area contributed by atoms with E-state index in [1.807, 2.05) is 21.1 Å². The van der Waals surface area contributed by atoms with Crippen molar-refractivity contribution >= 4 is 0 Å². The van der Waals surface area contributed by atoms with Gasteiger partial charge >= 0.3 is 0 Å². The van der Waals surface area contributed by atoms with Gasteiger partial charge in [-0.15, -0.1) is 0 Å². The number of aliphatic hydroxyl groups is 1. The van der Waals surface area contributed by atoms with Crippen LogP contribution < -0.4 is 16.0 Å². The van der Waals surface area contributed by atoms with Crippen molar-refractivity contribution < 1.29 is 5.11 Å². The highest BCUT2D eigenvalue weighted by Crippen LogP contribution is 1.92. The maximum Gasteiger partial charge on any atom is 0.0692 e. The summed E-state index contributed by atoms with van der Waals surface area (Å²) in [6.07, 6.45) is 0.622. The summed E-state index contributed by atoms with van der Waals surface area (Å²) >= 11 is 0. The molecule has 0 aromatic heterocycles. The van der Waals surface area contributed by atoms with Crippen LogP contribution in [0.25, 0.3) is 0 Å². The zero-order valence-corrected chi connectivity index (χ0v) is 7.52. The SMILES string of the molecule is CNCC(O)CC(NC)NC. The van der Waals surface area contributed by atoms with Crippen molar-refractivity contribution in [3.05, 3.63) is 0 Å². The number of hydrogen-bond acceptors (Lipinski definition) is 4. The third kappa shape index (κ3) is 5.15. The van der Waals surface area contributed by atoms with Crippen LogP contribution in [0, 0.1) is 0 Å². The highest BCUT2D eigenvalue weighted by Gasteiger charge is 2.08. The van der Waals surface area contributed by atoms with Gasteiger partial charge in [-0.3, -0.25) is 0 Å². The number of rotatable bonds is 6. The Bertz CT molecular complexity index is 85.8. The normalized spacial score (nSPS) is 13.9. The number of likely N-dealkylation sites (N-methyl/N-ethyl adjacent to an activating group) is 1. The molecule has 0 aromatic carbocycles. The fourth-order valence-electron chi connectivity index (χ4n) is 0.971. The molecule has 0 aliphatic carbocycles. The first-order valence-electron chi connectivity index (χ1n) is 3.91.